The van der Waals surface area contributed by atoms with Gasteiger partial charge in [0.25, 0.3) is 0 Å². The molecule has 1 amide bonds. The van der Waals surface area contributed by atoms with Gasteiger partial charge < -0.3 is 10.4 Å². The van der Waals surface area contributed by atoms with Crippen molar-refractivity contribution in [1.29, 1.82) is 0 Å². The van der Waals surface area contributed by atoms with Crippen LogP contribution in [0.15, 0.2) is 18.2 Å². The van der Waals surface area contributed by atoms with Crippen LogP contribution in [-0.4, -0.2) is 22.8 Å². The smallest absolute Gasteiger partial charge is 0.306 e. The Hall–Kier alpha value is -2.17. The van der Waals surface area contributed by atoms with Gasteiger partial charge in [-0.15, -0.1) is 0 Å². The number of hydrogen-bond donors (Lipinski definition) is 2. The molecule has 0 fully saturated rings. The van der Waals surface area contributed by atoms with E-state index < -0.39 is 17.8 Å². The Bertz CT molecular complexity index is 579. The molecule has 1 aliphatic rings. The lowest BCUT2D eigenvalue weighted by atomic mass is 9.87. The second kappa shape index (κ2) is 5.45. The molecule has 2 unspecified atom stereocenters. The zero-order chi connectivity index (χ0) is 14.9. The van der Waals surface area contributed by atoms with Gasteiger partial charge in [0.15, 0.2) is 5.78 Å². The topological polar surface area (TPSA) is 83.5 Å². The Labute approximate surface area is 117 Å². The summed E-state index contributed by atoms with van der Waals surface area (Å²) in [6, 6.07) is 5.10. The molecule has 1 heterocycles. The number of carbonyl (C=O) groups excluding carboxylic acids is 2. The highest BCUT2D eigenvalue weighted by Crippen LogP contribution is 2.26. The number of hydrogen-bond acceptors (Lipinski definition) is 3. The van der Waals surface area contributed by atoms with E-state index in [2.05, 4.69) is 5.32 Å². The van der Waals surface area contributed by atoms with Gasteiger partial charge >= 0.3 is 5.97 Å². The van der Waals surface area contributed by atoms with E-state index >= 15 is 0 Å². The molecular formula is C15H17NO4. The van der Waals surface area contributed by atoms with Crippen LogP contribution in [0.25, 0.3) is 0 Å². The molecule has 1 aliphatic heterocycles. The lowest BCUT2D eigenvalue weighted by Gasteiger charge is -2.19. The van der Waals surface area contributed by atoms with Gasteiger partial charge in [-0.05, 0) is 30.2 Å². The minimum atomic E-state index is -0.976. The molecule has 5 heteroatoms. The molecule has 1 aromatic carbocycles. The van der Waals surface area contributed by atoms with Gasteiger partial charge in [0.05, 0.1) is 5.92 Å². The van der Waals surface area contributed by atoms with Gasteiger partial charge in [-0.25, -0.2) is 0 Å². The molecule has 0 saturated carbocycles. The highest BCUT2D eigenvalue weighted by molar-refractivity contribution is 6.01. The van der Waals surface area contributed by atoms with Crippen LogP contribution < -0.4 is 5.32 Å². The number of ketones is 1. The second-order valence-corrected chi connectivity index (χ2v) is 5.20. The predicted molar refractivity (Wildman–Crippen MR) is 73.7 cm³/mol. The van der Waals surface area contributed by atoms with Crippen molar-refractivity contribution >= 4 is 23.3 Å². The third-order valence-corrected chi connectivity index (χ3v) is 3.84. The SMILES string of the molecule is CC(C(=O)O)C(C)C(=O)c1ccc2c(c1)CCC(=O)N2. The van der Waals surface area contributed by atoms with Crippen molar-refractivity contribution < 1.29 is 19.5 Å². The fourth-order valence-electron chi connectivity index (χ4n) is 2.24. The number of Topliss-reactive ketones (excluding diaryl/α,β-unsaturated/α-hetero) is 1. The number of carbonyl (C=O) groups is 3. The maximum atomic E-state index is 12.3. The molecule has 0 spiro atoms. The monoisotopic (exact) mass is 275 g/mol. The molecule has 2 atom stereocenters. The van der Waals surface area contributed by atoms with E-state index in [1.165, 1.54) is 6.92 Å². The minimum Gasteiger partial charge on any atom is -0.481 e. The van der Waals surface area contributed by atoms with Crippen LogP contribution in [0.5, 0.6) is 0 Å². The number of fused-ring (bicyclic) bond motifs is 1. The Morgan fingerprint density at radius 3 is 2.55 bits per heavy atom. The van der Waals surface area contributed by atoms with Crippen molar-refractivity contribution in [3.05, 3.63) is 29.3 Å². The molecule has 106 valence electrons. The van der Waals surface area contributed by atoms with Crippen molar-refractivity contribution in [3.63, 3.8) is 0 Å². The van der Waals surface area contributed by atoms with E-state index in [1.54, 1.807) is 25.1 Å². The Morgan fingerprint density at radius 1 is 1.20 bits per heavy atom. The normalized spacial score (nSPS) is 16.8. The lowest BCUT2D eigenvalue weighted by molar-refractivity contribution is -0.142. The first-order valence-electron chi connectivity index (χ1n) is 6.60. The van der Waals surface area contributed by atoms with Crippen LogP contribution in [0.1, 0.15) is 36.2 Å². The van der Waals surface area contributed by atoms with Crippen LogP contribution in [0.2, 0.25) is 0 Å². The number of amides is 1. The maximum absolute atomic E-state index is 12.3. The first-order chi connectivity index (χ1) is 9.40. The average molecular weight is 275 g/mol. The number of carboxylic acids is 1. The van der Waals surface area contributed by atoms with Gasteiger partial charge in [0.2, 0.25) is 5.91 Å². The van der Waals surface area contributed by atoms with Crippen LogP contribution in [-0.2, 0) is 16.0 Å². The van der Waals surface area contributed by atoms with Gasteiger partial charge in [-0.1, -0.05) is 13.8 Å². The number of aryl methyl sites for hydroxylation is 1. The molecule has 0 bridgehead atoms. The molecule has 20 heavy (non-hydrogen) atoms. The summed E-state index contributed by atoms with van der Waals surface area (Å²) in [6.07, 6.45) is 1.01. The third kappa shape index (κ3) is 2.71. The molecule has 0 aliphatic carbocycles. The van der Waals surface area contributed by atoms with E-state index in [4.69, 9.17) is 5.11 Å². The second-order valence-electron chi connectivity index (χ2n) is 5.20. The summed E-state index contributed by atoms with van der Waals surface area (Å²) in [5.74, 6) is -2.48. The maximum Gasteiger partial charge on any atom is 0.306 e. The largest absolute Gasteiger partial charge is 0.481 e. The molecule has 1 aromatic rings. The quantitative estimate of drug-likeness (QED) is 0.824. The number of anilines is 1. The fraction of sp³-hybridized carbons (Fsp3) is 0.400. The zero-order valence-electron chi connectivity index (χ0n) is 11.5. The van der Waals surface area contributed by atoms with Gasteiger partial charge in [-0.2, -0.15) is 0 Å². The van der Waals surface area contributed by atoms with Gasteiger partial charge in [0, 0.05) is 23.6 Å². The number of aliphatic carboxylic acids is 1. The molecule has 0 saturated heterocycles. The molecule has 2 rings (SSSR count). The fourth-order valence-corrected chi connectivity index (χ4v) is 2.24. The number of nitrogens with one attached hydrogen (secondary N) is 1. The molecule has 2 N–H and O–H groups in total. The van der Waals surface area contributed by atoms with Crippen molar-refractivity contribution in [2.75, 3.05) is 5.32 Å². The van der Waals surface area contributed by atoms with E-state index in [1.807, 2.05) is 0 Å². The predicted octanol–water partition coefficient (Wildman–Crippen LogP) is 2.11. The standard InChI is InChI=1S/C15H17NO4/c1-8(9(2)15(19)20)14(18)11-3-5-12-10(7-11)4-6-13(17)16-12/h3,5,7-9H,4,6H2,1-2H3,(H,16,17)(H,19,20). The average Bonchev–Trinajstić information content (AvgIpc) is 2.44. The van der Waals surface area contributed by atoms with Crippen LogP contribution >= 0.6 is 0 Å². The summed E-state index contributed by atoms with van der Waals surface area (Å²) in [5.41, 5.74) is 2.16. The van der Waals surface area contributed by atoms with Crippen LogP contribution in [0.4, 0.5) is 5.69 Å². The Kier molecular flexibility index (Phi) is 3.88. The molecule has 5 nitrogen and oxygen atoms in total. The first kappa shape index (κ1) is 14.2. The Morgan fingerprint density at radius 2 is 1.90 bits per heavy atom. The van der Waals surface area contributed by atoms with E-state index in [0.29, 0.717) is 18.4 Å². The van der Waals surface area contributed by atoms with E-state index in [0.717, 1.165) is 11.3 Å². The molecular weight excluding hydrogens is 258 g/mol. The Balaban J connectivity index is 2.23. The summed E-state index contributed by atoms with van der Waals surface area (Å²) in [6.45, 7) is 3.16. The summed E-state index contributed by atoms with van der Waals surface area (Å²) < 4.78 is 0. The summed E-state index contributed by atoms with van der Waals surface area (Å²) in [4.78, 5) is 34.5. The highest BCUT2D eigenvalue weighted by Gasteiger charge is 2.27. The van der Waals surface area contributed by atoms with Gasteiger partial charge in [0.1, 0.15) is 0 Å². The van der Waals surface area contributed by atoms with Crippen LogP contribution in [0, 0.1) is 11.8 Å². The highest BCUT2D eigenvalue weighted by atomic mass is 16.4. The van der Waals surface area contributed by atoms with Crippen molar-refractivity contribution in [2.45, 2.75) is 26.7 Å². The van der Waals surface area contributed by atoms with Gasteiger partial charge in [-0.3, -0.25) is 14.4 Å². The summed E-state index contributed by atoms with van der Waals surface area (Å²) >= 11 is 0. The van der Waals surface area contributed by atoms with E-state index in [9.17, 15) is 14.4 Å². The van der Waals surface area contributed by atoms with Crippen molar-refractivity contribution in [2.24, 2.45) is 11.8 Å². The number of benzene rings is 1. The van der Waals surface area contributed by atoms with E-state index in [-0.39, 0.29) is 11.7 Å². The van der Waals surface area contributed by atoms with Crippen molar-refractivity contribution in [1.82, 2.24) is 0 Å². The summed E-state index contributed by atoms with van der Waals surface area (Å²) in [7, 11) is 0. The lowest BCUT2D eigenvalue weighted by Crippen LogP contribution is -2.26. The van der Waals surface area contributed by atoms with Crippen molar-refractivity contribution in [3.8, 4) is 0 Å². The van der Waals surface area contributed by atoms with Crippen LogP contribution in [0.3, 0.4) is 0 Å². The first-order valence-corrected chi connectivity index (χ1v) is 6.60. The third-order valence-electron chi connectivity index (χ3n) is 3.84. The zero-order valence-corrected chi connectivity index (χ0v) is 11.5. The molecule has 0 aromatic heterocycles. The summed E-state index contributed by atoms with van der Waals surface area (Å²) in [5, 5.41) is 11.7. The number of carboxylic acid groups (broad SMARTS) is 1. The molecule has 0 radical (unpaired) electrons. The number of rotatable bonds is 4. The minimum absolute atomic E-state index is 0.0237.